The van der Waals surface area contributed by atoms with Crippen LogP contribution in [-0.4, -0.2) is 45.4 Å². The van der Waals surface area contributed by atoms with Gasteiger partial charge in [0.05, 0.1) is 31.7 Å². The zero-order valence-corrected chi connectivity index (χ0v) is 13.2. The van der Waals surface area contributed by atoms with Crippen molar-refractivity contribution in [1.29, 1.82) is 0 Å². The normalized spacial score (nSPS) is 23.9. The average molecular weight is 331 g/mol. The second kappa shape index (κ2) is 6.59. The minimum atomic E-state index is 0.182. The minimum absolute atomic E-state index is 0.182. The standard InChI is InChI=1S/C14H21BrN2O2/c1-16-4-3-5-17(7-6-16)10-11-8-12(15)14(18)13(9-11)19-2/h8-9,18H,3-7,10H2,1-2H3/p+2. The molecule has 1 saturated heterocycles. The smallest absolute Gasteiger partial charge is 0.172 e. The molecule has 5 heteroatoms. The largest absolute Gasteiger partial charge is 0.503 e. The molecule has 1 aliphatic heterocycles. The van der Waals surface area contributed by atoms with Crippen molar-refractivity contribution in [2.24, 2.45) is 0 Å². The number of rotatable bonds is 3. The third-order valence-electron chi connectivity index (χ3n) is 3.80. The number of hydrogen-bond acceptors (Lipinski definition) is 2. The van der Waals surface area contributed by atoms with Crippen molar-refractivity contribution >= 4 is 15.9 Å². The Hall–Kier alpha value is -0.780. The van der Waals surface area contributed by atoms with Gasteiger partial charge in [0, 0.05) is 12.0 Å². The molecule has 1 aromatic rings. The van der Waals surface area contributed by atoms with Crippen LogP contribution < -0.4 is 14.5 Å². The van der Waals surface area contributed by atoms with Gasteiger partial charge in [-0.05, 0) is 28.1 Å². The van der Waals surface area contributed by atoms with Crippen molar-refractivity contribution < 1.29 is 19.6 Å². The fraction of sp³-hybridized carbons (Fsp3) is 0.571. The monoisotopic (exact) mass is 330 g/mol. The van der Waals surface area contributed by atoms with Gasteiger partial charge < -0.3 is 19.6 Å². The van der Waals surface area contributed by atoms with Gasteiger partial charge in [0.2, 0.25) is 0 Å². The molecule has 0 saturated carbocycles. The lowest BCUT2D eigenvalue weighted by atomic mass is 10.2. The summed E-state index contributed by atoms with van der Waals surface area (Å²) in [6.07, 6.45) is 1.28. The van der Waals surface area contributed by atoms with Crippen LogP contribution >= 0.6 is 15.9 Å². The first kappa shape index (κ1) is 14.6. The maximum absolute atomic E-state index is 9.83. The number of phenolic OH excluding ortho intramolecular Hbond substituents is 1. The van der Waals surface area contributed by atoms with E-state index < -0.39 is 0 Å². The second-order valence-corrected chi connectivity index (χ2v) is 6.22. The lowest BCUT2D eigenvalue weighted by Crippen LogP contribution is -3.15. The van der Waals surface area contributed by atoms with Crippen LogP contribution in [-0.2, 0) is 6.54 Å². The topological polar surface area (TPSA) is 38.3 Å². The Bertz CT molecular complexity index is 440. The fourth-order valence-electron chi connectivity index (χ4n) is 2.63. The first-order valence-corrected chi connectivity index (χ1v) is 7.59. The summed E-state index contributed by atoms with van der Waals surface area (Å²) >= 11 is 3.38. The SMILES string of the molecule is COc1cc(C[NH+]2CCC[NH+](C)CC2)cc(Br)c1O. The predicted molar refractivity (Wildman–Crippen MR) is 78.0 cm³/mol. The van der Waals surface area contributed by atoms with E-state index in [1.165, 1.54) is 38.2 Å². The number of phenols is 1. The molecule has 106 valence electrons. The zero-order chi connectivity index (χ0) is 13.8. The molecule has 0 amide bonds. The van der Waals surface area contributed by atoms with Crippen LogP contribution in [0.2, 0.25) is 0 Å². The van der Waals surface area contributed by atoms with Gasteiger partial charge in [0.25, 0.3) is 0 Å². The summed E-state index contributed by atoms with van der Waals surface area (Å²) in [5.74, 6) is 0.725. The van der Waals surface area contributed by atoms with E-state index in [1.54, 1.807) is 16.9 Å². The Morgan fingerprint density at radius 3 is 2.79 bits per heavy atom. The molecule has 0 radical (unpaired) electrons. The third kappa shape index (κ3) is 3.84. The second-order valence-electron chi connectivity index (χ2n) is 5.37. The van der Waals surface area contributed by atoms with Crippen LogP contribution in [0.15, 0.2) is 16.6 Å². The van der Waals surface area contributed by atoms with Crippen LogP contribution in [0, 0.1) is 0 Å². The summed E-state index contributed by atoms with van der Waals surface area (Å²) < 4.78 is 5.91. The summed E-state index contributed by atoms with van der Waals surface area (Å²) in [6.45, 7) is 5.91. The summed E-state index contributed by atoms with van der Waals surface area (Å²) in [4.78, 5) is 3.23. The van der Waals surface area contributed by atoms with Crippen LogP contribution in [0.25, 0.3) is 0 Å². The third-order valence-corrected chi connectivity index (χ3v) is 4.41. The molecule has 2 rings (SSSR count). The molecule has 2 unspecified atom stereocenters. The van der Waals surface area contributed by atoms with Crippen molar-refractivity contribution in [1.82, 2.24) is 0 Å². The van der Waals surface area contributed by atoms with E-state index in [9.17, 15) is 5.11 Å². The summed E-state index contributed by atoms with van der Waals surface area (Å²) in [5.41, 5.74) is 1.20. The summed E-state index contributed by atoms with van der Waals surface area (Å²) in [6, 6.07) is 3.93. The lowest BCUT2D eigenvalue weighted by Gasteiger charge is -2.17. The van der Waals surface area contributed by atoms with Crippen LogP contribution in [0.4, 0.5) is 0 Å². The predicted octanol–water partition coefficient (Wildman–Crippen LogP) is -0.533. The van der Waals surface area contributed by atoms with Gasteiger partial charge in [0.15, 0.2) is 11.5 Å². The molecule has 0 aliphatic carbocycles. The number of aromatic hydroxyl groups is 1. The lowest BCUT2D eigenvalue weighted by molar-refractivity contribution is -0.938. The van der Waals surface area contributed by atoms with Crippen molar-refractivity contribution in [2.45, 2.75) is 13.0 Å². The Morgan fingerprint density at radius 1 is 1.26 bits per heavy atom. The number of likely N-dealkylation sites (N-methyl/N-ethyl adjacent to an activating group) is 1. The van der Waals surface area contributed by atoms with E-state index in [1.807, 2.05) is 12.1 Å². The maximum Gasteiger partial charge on any atom is 0.172 e. The van der Waals surface area contributed by atoms with Crippen LogP contribution in [0.3, 0.4) is 0 Å². The van der Waals surface area contributed by atoms with Crippen LogP contribution in [0.5, 0.6) is 11.5 Å². The van der Waals surface area contributed by atoms with Gasteiger partial charge >= 0.3 is 0 Å². The Labute approximate surface area is 123 Å². The van der Waals surface area contributed by atoms with E-state index >= 15 is 0 Å². The van der Waals surface area contributed by atoms with Gasteiger partial charge in [-0.2, -0.15) is 0 Å². The molecule has 0 bridgehead atoms. The molecular weight excluding hydrogens is 308 g/mol. The number of hydrogen-bond donors (Lipinski definition) is 3. The van der Waals surface area contributed by atoms with Gasteiger partial charge in [-0.1, -0.05) is 0 Å². The van der Waals surface area contributed by atoms with Crippen molar-refractivity contribution in [3.63, 3.8) is 0 Å². The maximum atomic E-state index is 9.83. The number of halogens is 1. The van der Waals surface area contributed by atoms with Gasteiger partial charge in [0.1, 0.15) is 19.6 Å². The molecule has 1 aromatic carbocycles. The molecular formula is C14H23BrN2O2+2. The van der Waals surface area contributed by atoms with E-state index in [0.29, 0.717) is 10.2 Å². The van der Waals surface area contributed by atoms with Crippen molar-refractivity contribution in [2.75, 3.05) is 40.3 Å². The van der Waals surface area contributed by atoms with Crippen molar-refractivity contribution in [3.05, 3.63) is 22.2 Å². The Morgan fingerprint density at radius 2 is 2.05 bits per heavy atom. The number of ether oxygens (including phenoxy) is 1. The summed E-state index contributed by atoms with van der Waals surface area (Å²) in [7, 11) is 3.85. The molecule has 3 N–H and O–H groups in total. The first-order chi connectivity index (χ1) is 9.10. The molecule has 19 heavy (non-hydrogen) atoms. The number of benzene rings is 1. The molecule has 4 nitrogen and oxygen atoms in total. The van der Waals surface area contributed by atoms with Gasteiger partial charge in [-0.3, -0.25) is 0 Å². The van der Waals surface area contributed by atoms with E-state index in [2.05, 4.69) is 23.0 Å². The Balaban J connectivity index is 2.08. The van der Waals surface area contributed by atoms with Gasteiger partial charge in [-0.25, -0.2) is 0 Å². The highest BCUT2D eigenvalue weighted by molar-refractivity contribution is 9.10. The van der Waals surface area contributed by atoms with E-state index in [-0.39, 0.29) is 5.75 Å². The van der Waals surface area contributed by atoms with E-state index in [0.717, 1.165) is 6.54 Å². The average Bonchev–Trinajstić information content (AvgIpc) is 2.59. The molecule has 0 aromatic heterocycles. The number of quaternary nitrogens is 2. The molecule has 0 spiro atoms. The van der Waals surface area contributed by atoms with Crippen LogP contribution in [0.1, 0.15) is 12.0 Å². The summed E-state index contributed by atoms with van der Waals surface area (Å²) in [5, 5.41) is 9.83. The highest BCUT2D eigenvalue weighted by Gasteiger charge is 2.19. The minimum Gasteiger partial charge on any atom is -0.503 e. The van der Waals surface area contributed by atoms with Gasteiger partial charge in [-0.15, -0.1) is 0 Å². The first-order valence-electron chi connectivity index (χ1n) is 6.80. The highest BCUT2D eigenvalue weighted by atomic mass is 79.9. The molecule has 1 heterocycles. The molecule has 1 fully saturated rings. The molecule has 2 atom stereocenters. The zero-order valence-electron chi connectivity index (χ0n) is 11.6. The number of methoxy groups -OCH3 is 1. The fourth-order valence-corrected chi connectivity index (χ4v) is 3.12. The quantitative estimate of drug-likeness (QED) is 0.697. The van der Waals surface area contributed by atoms with E-state index in [4.69, 9.17) is 4.74 Å². The highest BCUT2D eigenvalue weighted by Crippen LogP contribution is 2.34. The molecule has 1 aliphatic rings. The van der Waals surface area contributed by atoms with Crippen molar-refractivity contribution in [3.8, 4) is 11.5 Å². The number of nitrogens with one attached hydrogen (secondary N) is 2. The Kier molecular flexibility index (Phi) is 5.07.